The molecule has 1 aromatic rings. The minimum Gasteiger partial charge on any atom is -0.291 e. The van der Waals surface area contributed by atoms with Crippen LogP contribution in [-0.2, 0) is 20.5 Å². The van der Waals surface area contributed by atoms with Gasteiger partial charge in [0, 0.05) is 5.56 Å². The summed E-state index contributed by atoms with van der Waals surface area (Å²) in [5.74, 6) is -0.841. The molecule has 1 aromatic carbocycles. The van der Waals surface area contributed by atoms with Crippen molar-refractivity contribution in [2.24, 2.45) is 0 Å². The lowest BCUT2D eigenvalue weighted by Gasteiger charge is -2.08. The number of Topliss-reactive ketones (excluding diaryl/α,β-unsaturated/α-hetero) is 1. The second-order valence-electron chi connectivity index (χ2n) is 3.47. The molecule has 0 amide bonds. The average Bonchev–Trinajstić information content (AvgIpc) is 2.24. The van der Waals surface area contributed by atoms with Crippen LogP contribution in [0, 0.1) is 0 Å². The topological polar surface area (TPSA) is 60.4 Å². The number of halogens is 3. The van der Waals surface area contributed by atoms with E-state index in [0.717, 1.165) is 24.5 Å². The Labute approximate surface area is 101 Å². The van der Waals surface area contributed by atoms with Gasteiger partial charge in [-0.1, -0.05) is 12.1 Å². The molecule has 0 fully saturated rings. The van der Waals surface area contributed by atoms with Crippen molar-refractivity contribution in [1.29, 1.82) is 0 Å². The van der Waals surface area contributed by atoms with E-state index in [0.29, 0.717) is 6.07 Å². The Balaban J connectivity index is 2.88. The summed E-state index contributed by atoms with van der Waals surface area (Å²) >= 11 is 0. The number of benzene rings is 1. The molecule has 0 spiro atoms. The van der Waals surface area contributed by atoms with Crippen molar-refractivity contribution in [1.82, 2.24) is 0 Å². The molecule has 0 unspecified atom stereocenters. The lowest BCUT2D eigenvalue weighted by molar-refractivity contribution is -0.137. The number of alkyl halides is 3. The molecule has 0 heterocycles. The van der Waals surface area contributed by atoms with E-state index < -0.39 is 34.2 Å². The van der Waals surface area contributed by atoms with Crippen molar-refractivity contribution in [2.45, 2.75) is 6.18 Å². The van der Waals surface area contributed by atoms with Gasteiger partial charge in [-0.2, -0.15) is 21.6 Å². The number of hydrogen-bond donors (Lipinski definition) is 0. The van der Waals surface area contributed by atoms with Gasteiger partial charge in [0.05, 0.1) is 11.8 Å². The standard InChI is InChI=1S/C10H9F3O4S/c1-18(15,16)17-6-9(14)7-3-2-4-8(5-7)10(11,12)13/h2-5H,6H2,1H3. The van der Waals surface area contributed by atoms with E-state index in [1.54, 1.807) is 0 Å². The minimum absolute atomic E-state index is 0.256. The molecule has 1 rings (SSSR count). The van der Waals surface area contributed by atoms with Gasteiger partial charge in [-0.25, -0.2) is 0 Å². The fraction of sp³-hybridized carbons (Fsp3) is 0.300. The maximum absolute atomic E-state index is 12.4. The van der Waals surface area contributed by atoms with Gasteiger partial charge >= 0.3 is 6.18 Å². The maximum Gasteiger partial charge on any atom is 0.416 e. The van der Waals surface area contributed by atoms with Gasteiger partial charge in [0.2, 0.25) is 0 Å². The fourth-order valence-electron chi connectivity index (χ4n) is 1.11. The van der Waals surface area contributed by atoms with Crippen LogP contribution in [0.25, 0.3) is 0 Å². The van der Waals surface area contributed by atoms with E-state index in [4.69, 9.17) is 0 Å². The van der Waals surface area contributed by atoms with Crippen LogP contribution in [0.1, 0.15) is 15.9 Å². The molecule has 0 aliphatic heterocycles. The summed E-state index contributed by atoms with van der Waals surface area (Å²) in [5.41, 5.74) is -1.24. The molecule has 0 saturated heterocycles. The quantitative estimate of drug-likeness (QED) is 0.624. The monoisotopic (exact) mass is 282 g/mol. The second-order valence-corrected chi connectivity index (χ2v) is 5.11. The normalized spacial score (nSPS) is 12.4. The van der Waals surface area contributed by atoms with E-state index in [2.05, 4.69) is 4.18 Å². The molecule has 8 heteroatoms. The van der Waals surface area contributed by atoms with Gasteiger partial charge in [-0.05, 0) is 12.1 Å². The van der Waals surface area contributed by atoms with Gasteiger partial charge < -0.3 is 0 Å². The average molecular weight is 282 g/mol. The summed E-state index contributed by atoms with van der Waals surface area (Å²) < 4.78 is 62.6. The summed E-state index contributed by atoms with van der Waals surface area (Å²) in [4.78, 5) is 11.4. The third-order valence-electron chi connectivity index (χ3n) is 1.92. The molecule has 0 aliphatic carbocycles. The zero-order chi connectivity index (χ0) is 14.0. The molecule has 0 saturated carbocycles. The van der Waals surface area contributed by atoms with Crippen molar-refractivity contribution in [3.63, 3.8) is 0 Å². The highest BCUT2D eigenvalue weighted by Gasteiger charge is 2.30. The highest BCUT2D eigenvalue weighted by Crippen LogP contribution is 2.29. The number of rotatable bonds is 4. The highest BCUT2D eigenvalue weighted by molar-refractivity contribution is 7.86. The van der Waals surface area contributed by atoms with E-state index in [-0.39, 0.29) is 5.56 Å². The van der Waals surface area contributed by atoms with Gasteiger partial charge in [0.25, 0.3) is 10.1 Å². The summed E-state index contributed by atoms with van der Waals surface area (Å²) in [6.45, 7) is -0.819. The summed E-state index contributed by atoms with van der Waals surface area (Å²) in [7, 11) is -3.81. The smallest absolute Gasteiger partial charge is 0.291 e. The molecule has 0 atom stereocenters. The van der Waals surface area contributed by atoms with Gasteiger partial charge in [-0.3, -0.25) is 8.98 Å². The first-order chi connectivity index (χ1) is 8.09. The summed E-state index contributed by atoms with van der Waals surface area (Å²) in [5, 5.41) is 0. The Hall–Kier alpha value is -1.41. The van der Waals surface area contributed by atoms with Crippen LogP contribution in [0.2, 0.25) is 0 Å². The molecule has 0 aromatic heterocycles. The first-order valence-electron chi connectivity index (χ1n) is 4.64. The minimum atomic E-state index is -4.56. The van der Waals surface area contributed by atoms with E-state index in [9.17, 15) is 26.4 Å². The van der Waals surface area contributed by atoms with Crippen LogP contribution in [0.3, 0.4) is 0 Å². The second kappa shape index (κ2) is 5.07. The molecular formula is C10H9F3O4S. The van der Waals surface area contributed by atoms with Gasteiger partial charge in [0.1, 0.15) is 6.61 Å². The first kappa shape index (κ1) is 14.7. The molecule has 0 aliphatic rings. The molecule has 0 radical (unpaired) electrons. The number of hydrogen-bond acceptors (Lipinski definition) is 4. The SMILES string of the molecule is CS(=O)(=O)OCC(=O)c1cccc(C(F)(F)F)c1. The van der Waals surface area contributed by atoms with Crippen LogP contribution < -0.4 is 0 Å². The largest absolute Gasteiger partial charge is 0.416 e. The fourth-order valence-corrected chi connectivity index (χ4v) is 1.43. The zero-order valence-corrected chi connectivity index (χ0v) is 10.0. The highest BCUT2D eigenvalue weighted by atomic mass is 32.2. The van der Waals surface area contributed by atoms with Crippen LogP contribution >= 0.6 is 0 Å². The Kier molecular flexibility index (Phi) is 4.12. The zero-order valence-electron chi connectivity index (χ0n) is 9.19. The molecule has 4 nitrogen and oxygen atoms in total. The Morgan fingerprint density at radius 3 is 2.44 bits per heavy atom. The van der Waals surface area contributed by atoms with Crippen LogP contribution in [0.15, 0.2) is 24.3 Å². The third-order valence-corrected chi connectivity index (χ3v) is 2.46. The van der Waals surface area contributed by atoms with E-state index in [1.165, 1.54) is 0 Å². The number of carbonyl (C=O) groups excluding carboxylic acids is 1. The van der Waals surface area contributed by atoms with Crippen molar-refractivity contribution in [3.8, 4) is 0 Å². The third kappa shape index (κ3) is 4.46. The van der Waals surface area contributed by atoms with E-state index >= 15 is 0 Å². The van der Waals surface area contributed by atoms with Crippen molar-refractivity contribution >= 4 is 15.9 Å². The molecule has 0 bridgehead atoms. The van der Waals surface area contributed by atoms with E-state index in [1.807, 2.05) is 0 Å². The van der Waals surface area contributed by atoms with Gasteiger partial charge in [0.15, 0.2) is 5.78 Å². The molecular weight excluding hydrogens is 273 g/mol. The van der Waals surface area contributed by atoms with Crippen molar-refractivity contribution < 1.29 is 30.6 Å². The Morgan fingerprint density at radius 1 is 1.33 bits per heavy atom. The van der Waals surface area contributed by atoms with Crippen LogP contribution in [0.4, 0.5) is 13.2 Å². The van der Waals surface area contributed by atoms with Crippen LogP contribution in [0.5, 0.6) is 0 Å². The lowest BCUT2D eigenvalue weighted by Crippen LogP contribution is -2.14. The summed E-state index contributed by atoms with van der Waals surface area (Å²) in [6, 6.07) is 3.68. The van der Waals surface area contributed by atoms with Gasteiger partial charge in [-0.15, -0.1) is 0 Å². The van der Waals surface area contributed by atoms with Crippen molar-refractivity contribution in [3.05, 3.63) is 35.4 Å². The number of carbonyl (C=O) groups is 1. The first-order valence-corrected chi connectivity index (χ1v) is 6.46. The molecule has 0 N–H and O–H groups in total. The lowest BCUT2D eigenvalue weighted by atomic mass is 10.1. The number of ketones is 1. The van der Waals surface area contributed by atoms with Crippen molar-refractivity contribution in [2.75, 3.05) is 12.9 Å². The maximum atomic E-state index is 12.4. The molecule has 100 valence electrons. The predicted octanol–water partition coefficient (Wildman–Crippen LogP) is 1.86. The Morgan fingerprint density at radius 2 is 1.94 bits per heavy atom. The van der Waals surface area contributed by atoms with Crippen LogP contribution in [-0.4, -0.2) is 27.1 Å². The Bertz CT molecular complexity index is 548. The summed E-state index contributed by atoms with van der Waals surface area (Å²) in [6.07, 6.45) is -3.82. The predicted molar refractivity (Wildman–Crippen MR) is 56.6 cm³/mol. The molecule has 18 heavy (non-hydrogen) atoms.